The van der Waals surface area contributed by atoms with Crippen molar-refractivity contribution >= 4 is 15.9 Å². The molecule has 1 rings (SSSR count). The Morgan fingerprint density at radius 3 is 2.46 bits per heavy atom. The summed E-state index contributed by atoms with van der Waals surface area (Å²) in [4.78, 5) is 2.03. The summed E-state index contributed by atoms with van der Waals surface area (Å²) < 4.78 is 0. The Kier molecular flexibility index (Phi) is 5.77. The maximum absolute atomic E-state index is 3.36. The van der Waals surface area contributed by atoms with Crippen LogP contribution in [0, 0.1) is 11.8 Å². The molecule has 0 amide bonds. The molecule has 0 atom stereocenters. The van der Waals surface area contributed by atoms with Crippen molar-refractivity contribution in [2.75, 3.05) is 0 Å². The molecule has 0 aliphatic heterocycles. The molecule has 0 heterocycles. The highest BCUT2D eigenvalue weighted by Crippen LogP contribution is 2.32. The predicted molar refractivity (Wildman–Crippen MR) is 63.0 cm³/mol. The summed E-state index contributed by atoms with van der Waals surface area (Å²) in [7, 11) is 0. The minimum atomic E-state index is 0.859. The summed E-state index contributed by atoms with van der Waals surface area (Å²) in [6.45, 7) is 2.29. The molecule has 0 radical (unpaired) electrons. The van der Waals surface area contributed by atoms with Gasteiger partial charge in [-0.1, -0.05) is 48.2 Å². The summed E-state index contributed by atoms with van der Waals surface area (Å²) in [5.41, 5.74) is 0. The molecule has 0 N–H and O–H groups in total. The summed E-state index contributed by atoms with van der Waals surface area (Å²) in [5.74, 6) is 1.90. The fraction of sp³-hybridized carbons (Fsp3) is 0.833. The number of unbranched alkanes of at least 4 members (excludes halogenated alkanes) is 1. The SMILES string of the molecule is CCCCC1CCC(/C=C/Br)CC1. The number of rotatable bonds is 4. The van der Waals surface area contributed by atoms with E-state index in [0.717, 1.165) is 11.8 Å². The highest BCUT2D eigenvalue weighted by atomic mass is 79.9. The van der Waals surface area contributed by atoms with Gasteiger partial charge in [-0.2, -0.15) is 0 Å². The predicted octanol–water partition coefficient (Wildman–Crippen LogP) is 4.89. The first kappa shape index (κ1) is 11.3. The maximum Gasteiger partial charge on any atom is -0.0225 e. The molecule has 0 aromatic rings. The molecule has 13 heavy (non-hydrogen) atoms. The van der Waals surface area contributed by atoms with Crippen LogP contribution in [0.4, 0.5) is 0 Å². The third-order valence-corrected chi connectivity index (χ3v) is 3.51. The van der Waals surface area contributed by atoms with E-state index in [-0.39, 0.29) is 0 Å². The van der Waals surface area contributed by atoms with Crippen LogP contribution in [0.1, 0.15) is 51.9 Å². The first-order valence-electron chi connectivity index (χ1n) is 5.63. The molecule has 0 bridgehead atoms. The lowest BCUT2D eigenvalue weighted by Gasteiger charge is -2.26. The molecule has 1 aliphatic carbocycles. The van der Waals surface area contributed by atoms with Crippen LogP contribution < -0.4 is 0 Å². The van der Waals surface area contributed by atoms with Gasteiger partial charge in [-0.3, -0.25) is 0 Å². The summed E-state index contributed by atoms with van der Waals surface area (Å²) in [6.07, 6.45) is 12.3. The molecule has 0 spiro atoms. The zero-order chi connectivity index (χ0) is 9.52. The van der Waals surface area contributed by atoms with E-state index < -0.39 is 0 Å². The van der Waals surface area contributed by atoms with E-state index in [9.17, 15) is 0 Å². The molecule has 0 aromatic heterocycles. The van der Waals surface area contributed by atoms with E-state index in [0.29, 0.717) is 0 Å². The molecule has 76 valence electrons. The Morgan fingerprint density at radius 2 is 1.92 bits per heavy atom. The molecule has 1 fully saturated rings. The van der Waals surface area contributed by atoms with Crippen LogP contribution in [0.3, 0.4) is 0 Å². The van der Waals surface area contributed by atoms with E-state index in [1.54, 1.807) is 0 Å². The van der Waals surface area contributed by atoms with Gasteiger partial charge in [0, 0.05) is 0 Å². The standard InChI is InChI=1S/C12H21Br/c1-2-3-4-11-5-7-12(8-6-11)9-10-13/h9-12H,2-8H2,1H3/b10-9+. The lowest BCUT2D eigenvalue weighted by Crippen LogP contribution is -2.12. The molecule has 0 unspecified atom stereocenters. The summed E-state index contributed by atoms with van der Waals surface area (Å²) >= 11 is 3.36. The monoisotopic (exact) mass is 244 g/mol. The van der Waals surface area contributed by atoms with Crippen molar-refractivity contribution in [2.45, 2.75) is 51.9 Å². The van der Waals surface area contributed by atoms with Crippen LogP contribution >= 0.6 is 15.9 Å². The summed E-state index contributed by atoms with van der Waals surface area (Å²) in [6, 6.07) is 0. The molecule has 1 aliphatic rings. The fourth-order valence-corrected chi connectivity index (χ4v) is 2.70. The lowest BCUT2D eigenvalue weighted by atomic mass is 9.80. The van der Waals surface area contributed by atoms with Gasteiger partial charge in [0.15, 0.2) is 0 Å². The first-order chi connectivity index (χ1) is 6.36. The van der Waals surface area contributed by atoms with Gasteiger partial charge in [-0.05, 0) is 42.5 Å². The van der Waals surface area contributed by atoms with E-state index in [4.69, 9.17) is 0 Å². The highest BCUT2D eigenvalue weighted by Gasteiger charge is 2.18. The molecule has 1 saturated carbocycles. The molecular weight excluding hydrogens is 224 g/mol. The van der Waals surface area contributed by atoms with Crippen LogP contribution in [0.25, 0.3) is 0 Å². The number of allylic oxidation sites excluding steroid dienone is 1. The molecule has 1 heteroatoms. The van der Waals surface area contributed by atoms with E-state index in [2.05, 4.69) is 28.9 Å². The van der Waals surface area contributed by atoms with E-state index >= 15 is 0 Å². The minimum Gasteiger partial charge on any atom is -0.0745 e. The smallest absolute Gasteiger partial charge is 0.0225 e. The van der Waals surface area contributed by atoms with Gasteiger partial charge in [0.1, 0.15) is 0 Å². The van der Waals surface area contributed by atoms with Gasteiger partial charge >= 0.3 is 0 Å². The zero-order valence-electron chi connectivity index (χ0n) is 8.64. The van der Waals surface area contributed by atoms with E-state index in [1.165, 1.54) is 44.9 Å². The highest BCUT2D eigenvalue weighted by molar-refractivity contribution is 9.11. The number of halogens is 1. The Balaban J connectivity index is 2.15. The van der Waals surface area contributed by atoms with Crippen molar-refractivity contribution in [2.24, 2.45) is 11.8 Å². The van der Waals surface area contributed by atoms with Crippen LogP contribution in [0.2, 0.25) is 0 Å². The van der Waals surface area contributed by atoms with Crippen molar-refractivity contribution < 1.29 is 0 Å². The lowest BCUT2D eigenvalue weighted by molar-refractivity contribution is 0.291. The average molecular weight is 245 g/mol. The largest absolute Gasteiger partial charge is 0.0745 e. The van der Waals surface area contributed by atoms with Crippen molar-refractivity contribution in [3.8, 4) is 0 Å². The summed E-state index contributed by atoms with van der Waals surface area (Å²) in [5, 5.41) is 0. The second-order valence-electron chi connectivity index (χ2n) is 4.24. The third kappa shape index (κ3) is 4.30. The van der Waals surface area contributed by atoms with Crippen LogP contribution in [-0.4, -0.2) is 0 Å². The van der Waals surface area contributed by atoms with Crippen molar-refractivity contribution in [1.29, 1.82) is 0 Å². The Bertz CT molecular complexity index is 143. The third-order valence-electron chi connectivity index (χ3n) is 3.20. The fourth-order valence-electron chi connectivity index (χ4n) is 2.27. The van der Waals surface area contributed by atoms with Gasteiger partial charge < -0.3 is 0 Å². The molecule has 0 saturated heterocycles. The second-order valence-corrected chi connectivity index (χ2v) is 4.77. The Labute approximate surface area is 90.9 Å². The van der Waals surface area contributed by atoms with Crippen LogP contribution in [-0.2, 0) is 0 Å². The molecular formula is C12H21Br. The second kappa shape index (κ2) is 6.64. The van der Waals surface area contributed by atoms with Gasteiger partial charge in [0.2, 0.25) is 0 Å². The topological polar surface area (TPSA) is 0 Å². The Morgan fingerprint density at radius 1 is 1.23 bits per heavy atom. The maximum atomic E-state index is 3.36. The minimum absolute atomic E-state index is 0.859. The normalized spacial score (nSPS) is 29.7. The van der Waals surface area contributed by atoms with Crippen molar-refractivity contribution in [3.63, 3.8) is 0 Å². The van der Waals surface area contributed by atoms with Gasteiger partial charge in [0.25, 0.3) is 0 Å². The average Bonchev–Trinajstić information content (AvgIpc) is 2.17. The van der Waals surface area contributed by atoms with Crippen LogP contribution in [0.5, 0.6) is 0 Å². The van der Waals surface area contributed by atoms with Gasteiger partial charge in [0.05, 0.1) is 0 Å². The zero-order valence-corrected chi connectivity index (χ0v) is 10.2. The van der Waals surface area contributed by atoms with Crippen LogP contribution in [0.15, 0.2) is 11.1 Å². The van der Waals surface area contributed by atoms with Gasteiger partial charge in [-0.15, -0.1) is 0 Å². The van der Waals surface area contributed by atoms with E-state index in [1.807, 2.05) is 4.99 Å². The van der Waals surface area contributed by atoms with Crippen molar-refractivity contribution in [1.82, 2.24) is 0 Å². The number of hydrogen-bond acceptors (Lipinski definition) is 0. The van der Waals surface area contributed by atoms with Gasteiger partial charge in [-0.25, -0.2) is 0 Å². The van der Waals surface area contributed by atoms with Crippen molar-refractivity contribution in [3.05, 3.63) is 11.1 Å². The number of hydrogen-bond donors (Lipinski definition) is 0. The first-order valence-corrected chi connectivity index (χ1v) is 6.55. The molecule has 0 aromatic carbocycles. The quantitative estimate of drug-likeness (QED) is 0.661. The Hall–Kier alpha value is 0.220. The molecule has 0 nitrogen and oxygen atoms in total.